The minimum atomic E-state index is -0.381. The molecule has 0 aliphatic heterocycles. The third-order valence-corrected chi connectivity index (χ3v) is 3.58. The van der Waals surface area contributed by atoms with Gasteiger partial charge in [0.25, 0.3) is 5.91 Å². The van der Waals surface area contributed by atoms with E-state index in [0.29, 0.717) is 5.69 Å². The summed E-state index contributed by atoms with van der Waals surface area (Å²) in [7, 11) is 0. The lowest BCUT2D eigenvalue weighted by molar-refractivity contribution is 0.102. The third-order valence-electron chi connectivity index (χ3n) is 3.00. The number of halogens is 2. The minimum absolute atomic E-state index is 0.138. The number of rotatable bonds is 2. The summed E-state index contributed by atoms with van der Waals surface area (Å²) in [5.74, 6) is -0.381. The van der Waals surface area contributed by atoms with Crippen molar-refractivity contribution >= 4 is 45.6 Å². The van der Waals surface area contributed by atoms with Gasteiger partial charge in [0.15, 0.2) is 5.15 Å². The molecule has 1 N–H and O–H groups in total. The fourth-order valence-electron chi connectivity index (χ4n) is 1.99. The highest BCUT2D eigenvalue weighted by Gasteiger charge is 2.15. The number of hydrogen-bond donors (Lipinski definition) is 1. The largest absolute Gasteiger partial charge is 0.319 e. The molecule has 0 aliphatic rings. The van der Waals surface area contributed by atoms with Gasteiger partial charge in [0.2, 0.25) is 0 Å². The Kier molecular flexibility index (Phi) is 3.73. The number of fused-ring (bicyclic) bond motifs is 1. The van der Waals surface area contributed by atoms with Gasteiger partial charge in [-0.3, -0.25) is 4.79 Å². The Morgan fingerprint density at radius 1 is 1.00 bits per heavy atom. The van der Waals surface area contributed by atoms with Crippen LogP contribution in [0.25, 0.3) is 10.8 Å². The van der Waals surface area contributed by atoms with E-state index < -0.39 is 0 Å². The maximum atomic E-state index is 12.3. The molecule has 0 fully saturated rings. The first-order chi connectivity index (χ1) is 10.2. The number of carbonyl (C=O) groups excluding carboxylic acids is 1. The van der Waals surface area contributed by atoms with Crippen LogP contribution in [0.15, 0.2) is 48.8 Å². The molecule has 3 aromatic rings. The number of anilines is 1. The van der Waals surface area contributed by atoms with E-state index in [4.69, 9.17) is 23.2 Å². The molecule has 2 heterocycles. The number of nitrogens with one attached hydrogen (secondary N) is 1. The van der Waals surface area contributed by atoms with E-state index in [1.54, 1.807) is 18.3 Å². The van der Waals surface area contributed by atoms with Crippen molar-refractivity contribution in [3.63, 3.8) is 0 Å². The van der Waals surface area contributed by atoms with Gasteiger partial charge in [0, 0.05) is 23.2 Å². The zero-order chi connectivity index (χ0) is 14.8. The molecule has 0 aliphatic carbocycles. The van der Waals surface area contributed by atoms with E-state index in [-0.39, 0.29) is 21.8 Å². The number of hydrogen-bond acceptors (Lipinski definition) is 3. The summed E-state index contributed by atoms with van der Waals surface area (Å²) in [5.41, 5.74) is 0.739. The van der Waals surface area contributed by atoms with Crippen molar-refractivity contribution in [2.75, 3.05) is 5.32 Å². The molecule has 21 heavy (non-hydrogen) atoms. The summed E-state index contributed by atoms with van der Waals surface area (Å²) in [6, 6.07) is 10.8. The SMILES string of the molecule is O=C(Nc1c(Cl)ncc2ccccc12)c1cccnc1Cl. The van der Waals surface area contributed by atoms with E-state index in [1.165, 1.54) is 6.20 Å². The van der Waals surface area contributed by atoms with Crippen molar-refractivity contribution in [1.82, 2.24) is 9.97 Å². The molecular weight excluding hydrogens is 309 g/mol. The number of pyridine rings is 2. The highest BCUT2D eigenvalue weighted by atomic mass is 35.5. The van der Waals surface area contributed by atoms with Crippen molar-refractivity contribution in [1.29, 1.82) is 0 Å². The average molecular weight is 318 g/mol. The van der Waals surface area contributed by atoms with E-state index in [9.17, 15) is 4.79 Å². The maximum absolute atomic E-state index is 12.3. The Balaban J connectivity index is 2.04. The lowest BCUT2D eigenvalue weighted by Gasteiger charge is -2.10. The van der Waals surface area contributed by atoms with Crippen LogP contribution in [-0.2, 0) is 0 Å². The molecule has 0 unspecified atom stereocenters. The van der Waals surface area contributed by atoms with E-state index >= 15 is 0 Å². The standard InChI is InChI=1S/C15H9Cl2N3O/c16-13-11(6-3-7-18-13)15(21)20-12-10-5-2-1-4-9(10)8-19-14(12)17/h1-8H,(H,20,21). The zero-order valence-electron chi connectivity index (χ0n) is 10.7. The van der Waals surface area contributed by atoms with E-state index in [2.05, 4.69) is 15.3 Å². The molecule has 0 bridgehead atoms. The van der Waals surface area contributed by atoms with Gasteiger partial charge in [0.1, 0.15) is 5.15 Å². The Bertz CT molecular complexity index is 836. The summed E-state index contributed by atoms with van der Waals surface area (Å²) in [5, 5.41) is 4.81. The van der Waals surface area contributed by atoms with Gasteiger partial charge in [-0.15, -0.1) is 0 Å². The molecule has 4 nitrogen and oxygen atoms in total. The third kappa shape index (κ3) is 2.68. The van der Waals surface area contributed by atoms with Crippen LogP contribution in [0.3, 0.4) is 0 Å². The quantitative estimate of drug-likeness (QED) is 0.721. The molecule has 0 radical (unpaired) electrons. The molecule has 0 atom stereocenters. The fraction of sp³-hybridized carbons (Fsp3) is 0. The second-order valence-corrected chi connectivity index (χ2v) is 5.02. The van der Waals surface area contributed by atoms with Gasteiger partial charge >= 0.3 is 0 Å². The Hall–Kier alpha value is -2.17. The smallest absolute Gasteiger partial charge is 0.258 e. The molecule has 2 aromatic heterocycles. The number of amides is 1. The Morgan fingerprint density at radius 2 is 1.81 bits per heavy atom. The number of benzene rings is 1. The van der Waals surface area contributed by atoms with Crippen LogP contribution in [0.4, 0.5) is 5.69 Å². The number of carbonyl (C=O) groups is 1. The van der Waals surface area contributed by atoms with Crippen molar-refractivity contribution in [3.05, 3.63) is 64.7 Å². The van der Waals surface area contributed by atoms with Crippen LogP contribution in [0, 0.1) is 0 Å². The first-order valence-corrected chi connectivity index (χ1v) is 6.87. The van der Waals surface area contributed by atoms with Crippen LogP contribution in [0.1, 0.15) is 10.4 Å². The van der Waals surface area contributed by atoms with Crippen LogP contribution < -0.4 is 5.32 Å². The first-order valence-electron chi connectivity index (χ1n) is 6.12. The minimum Gasteiger partial charge on any atom is -0.319 e. The molecule has 0 saturated heterocycles. The topological polar surface area (TPSA) is 54.9 Å². The lowest BCUT2D eigenvalue weighted by Crippen LogP contribution is -2.13. The van der Waals surface area contributed by atoms with Crippen molar-refractivity contribution in [2.24, 2.45) is 0 Å². The first kappa shape index (κ1) is 13.8. The van der Waals surface area contributed by atoms with Crippen molar-refractivity contribution in [2.45, 2.75) is 0 Å². The second kappa shape index (κ2) is 5.68. The fourth-order valence-corrected chi connectivity index (χ4v) is 2.40. The van der Waals surface area contributed by atoms with Gasteiger partial charge in [-0.1, -0.05) is 47.5 Å². The molecule has 104 valence electrons. The lowest BCUT2D eigenvalue weighted by atomic mass is 10.1. The second-order valence-electron chi connectivity index (χ2n) is 4.31. The van der Waals surface area contributed by atoms with Gasteiger partial charge < -0.3 is 5.32 Å². The van der Waals surface area contributed by atoms with E-state index in [0.717, 1.165) is 10.8 Å². The summed E-state index contributed by atoms with van der Waals surface area (Å²) < 4.78 is 0. The van der Waals surface area contributed by atoms with Gasteiger partial charge in [-0.05, 0) is 12.1 Å². The molecule has 1 amide bonds. The average Bonchev–Trinajstić information content (AvgIpc) is 2.50. The molecule has 0 spiro atoms. The van der Waals surface area contributed by atoms with Gasteiger partial charge in [-0.25, -0.2) is 9.97 Å². The van der Waals surface area contributed by atoms with Gasteiger partial charge in [0.05, 0.1) is 11.3 Å². The predicted molar refractivity (Wildman–Crippen MR) is 84.0 cm³/mol. The summed E-state index contributed by atoms with van der Waals surface area (Å²) in [6.07, 6.45) is 3.18. The Labute approximate surface area is 130 Å². The Morgan fingerprint density at radius 3 is 2.62 bits per heavy atom. The number of aromatic nitrogens is 2. The molecule has 1 aromatic carbocycles. The monoisotopic (exact) mass is 317 g/mol. The molecule has 0 saturated carbocycles. The van der Waals surface area contributed by atoms with Gasteiger partial charge in [-0.2, -0.15) is 0 Å². The van der Waals surface area contributed by atoms with Crippen LogP contribution >= 0.6 is 23.2 Å². The number of nitrogens with zero attached hydrogens (tertiary/aromatic N) is 2. The predicted octanol–water partition coefficient (Wildman–Crippen LogP) is 4.19. The summed E-state index contributed by atoms with van der Waals surface area (Å²) >= 11 is 12.0. The van der Waals surface area contributed by atoms with Crippen LogP contribution in [0.2, 0.25) is 10.3 Å². The molecular formula is C15H9Cl2N3O. The summed E-state index contributed by atoms with van der Waals surface area (Å²) in [4.78, 5) is 20.3. The maximum Gasteiger partial charge on any atom is 0.258 e. The van der Waals surface area contributed by atoms with E-state index in [1.807, 2.05) is 24.3 Å². The van der Waals surface area contributed by atoms with Crippen LogP contribution in [0.5, 0.6) is 0 Å². The zero-order valence-corrected chi connectivity index (χ0v) is 12.2. The summed E-state index contributed by atoms with van der Waals surface area (Å²) in [6.45, 7) is 0. The normalized spacial score (nSPS) is 10.6. The molecule has 6 heteroatoms. The van der Waals surface area contributed by atoms with Crippen LogP contribution in [-0.4, -0.2) is 15.9 Å². The highest BCUT2D eigenvalue weighted by molar-refractivity contribution is 6.36. The van der Waals surface area contributed by atoms with Crippen molar-refractivity contribution in [3.8, 4) is 0 Å². The van der Waals surface area contributed by atoms with Crippen molar-refractivity contribution < 1.29 is 4.79 Å². The molecule has 3 rings (SSSR count). The highest BCUT2D eigenvalue weighted by Crippen LogP contribution is 2.29.